The van der Waals surface area contributed by atoms with Gasteiger partial charge < -0.3 is 5.73 Å². The molecule has 0 aliphatic rings. The van der Waals surface area contributed by atoms with Crippen LogP contribution in [0.4, 0.5) is 0 Å². The van der Waals surface area contributed by atoms with E-state index < -0.39 is 11.2 Å². The van der Waals surface area contributed by atoms with E-state index in [1.165, 1.54) is 10.6 Å². The summed E-state index contributed by atoms with van der Waals surface area (Å²) in [6.07, 6.45) is 0. The largest absolute Gasteiger partial charge is 0.329 e. The van der Waals surface area contributed by atoms with E-state index in [4.69, 9.17) is 5.73 Å². The number of H-pyrrole nitrogens is 1. The van der Waals surface area contributed by atoms with Crippen LogP contribution in [0.1, 0.15) is 26.5 Å². The van der Waals surface area contributed by atoms with Gasteiger partial charge in [0, 0.05) is 23.8 Å². The predicted molar refractivity (Wildman–Crippen MR) is 54.2 cm³/mol. The molecular weight excluding hydrogens is 182 g/mol. The van der Waals surface area contributed by atoms with E-state index in [9.17, 15) is 9.59 Å². The Morgan fingerprint density at radius 2 is 2.00 bits per heavy atom. The van der Waals surface area contributed by atoms with Crippen molar-refractivity contribution in [3.8, 4) is 0 Å². The Kier molecular flexibility index (Phi) is 2.62. The maximum absolute atomic E-state index is 11.5. The monoisotopic (exact) mass is 197 g/mol. The lowest BCUT2D eigenvalue weighted by Crippen LogP contribution is -2.41. The van der Waals surface area contributed by atoms with E-state index in [1.54, 1.807) is 0 Å². The van der Waals surface area contributed by atoms with Crippen LogP contribution in [0.25, 0.3) is 0 Å². The molecule has 3 N–H and O–H groups in total. The molecule has 0 radical (unpaired) electrons. The maximum atomic E-state index is 11.5. The first-order valence-corrected chi connectivity index (χ1v) is 4.42. The van der Waals surface area contributed by atoms with E-state index in [1.807, 2.05) is 20.8 Å². The summed E-state index contributed by atoms with van der Waals surface area (Å²) in [5.41, 5.74) is 4.82. The molecule has 1 heterocycles. The second-order valence-corrected chi connectivity index (χ2v) is 4.14. The summed E-state index contributed by atoms with van der Waals surface area (Å²) in [7, 11) is 0. The average molecular weight is 197 g/mol. The molecule has 5 nitrogen and oxygen atoms in total. The molecule has 0 aromatic carbocycles. The lowest BCUT2D eigenvalue weighted by molar-refractivity contribution is 0.363. The Bertz CT molecular complexity index is 437. The molecule has 0 saturated heterocycles. The Labute approximate surface area is 81.6 Å². The molecule has 0 fully saturated rings. The summed E-state index contributed by atoms with van der Waals surface area (Å²) < 4.78 is 1.49. The second-order valence-electron chi connectivity index (χ2n) is 4.14. The molecule has 0 spiro atoms. The van der Waals surface area contributed by atoms with Crippen LogP contribution in [0.5, 0.6) is 0 Å². The summed E-state index contributed by atoms with van der Waals surface area (Å²) in [5.74, 6) is 0. The van der Waals surface area contributed by atoms with Gasteiger partial charge in [0.25, 0.3) is 5.56 Å². The molecule has 0 unspecified atom stereocenters. The maximum Gasteiger partial charge on any atom is 0.329 e. The SMILES string of the molecule is CC(C)(C)n1c(CN)cc(=O)[nH]c1=O. The minimum atomic E-state index is -0.412. The Morgan fingerprint density at radius 3 is 2.43 bits per heavy atom. The standard InChI is InChI=1S/C9H15N3O2/c1-9(2,3)12-6(5-10)4-7(13)11-8(12)14/h4H,5,10H2,1-3H3,(H,11,13,14). The first kappa shape index (κ1) is 10.7. The van der Waals surface area contributed by atoms with Gasteiger partial charge in [-0.25, -0.2) is 4.79 Å². The highest BCUT2D eigenvalue weighted by atomic mass is 16.2. The molecule has 1 rings (SSSR count). The highest BCUT2D eigenvalue weighted by Gasteiger charge is 2.18. The Hall–Kier alpha value is -1.36. The highest BCUT2D eigenvalue weighted by Crippen LogP contribution is 2.11. The molecule has 0 bridgehead atoms. The van der Waals surface area contributed by atoms with E-state index in [-0.39, 0.29) is 12.1 Å². The Morgan fingerprint density at radius 1 is 1.43 bits per heavy atom. The minimum Gasteiger partial charge on any atom is -0.325 e. The van der Waals surface area contributed by atoms with Crippen molar-refractivity contribution in [1.82, 2.24) is 9.55 Å². The molecular formula is C9H15N3O2. The van der Waals surface area contributed by atoms with Gasteiger partial charge in [0.05, 0.1) is 0 Å². The molecule has 0 aliphatic carbocycles. The van der Waals surface area contributed by atoms with Crippen LogP contribution >= 0.6 is 0 Å². The van der Waals surface area contributed by atoms with E-state index in [0.29, 0.717) is 5.69 Å². The van der Waals surface area contributed by atoms with Crippen LogP contribution in [0.3, 0.4) is 0 Å². The summed E-state index contributed by atoms with van der Waals surface area (Å²) in [6.45, 7) is 5.82. The van der Waals surface area contributed by atoms with Gasteiger partial charge in [-0.1, -0.05) is 0 Å². The van der Waals surface area contributed by atoms with Gasteiger partial charge in [-0.3, -0.25) is 14.3 Å². The molecule has 0 saturated carbocycles. The number of aromatic amines is 1. The van der Waals surface area contributed by atoms with Crippen molar-refractivity contribution in [3.05, 3.63) is 32.6 Å². The number of nitrogens with one attached hydrogen (secondary N) is 1. The van der Waals surface area contributed by atoms with Gasteiger partial charge in [0.2, 0.25) is 0 Å². The van der Waals surface area contributed by atoms with Crippen LogP contribution in [0.15, 0.2) is 15.7 Å². The third-order valence-corrected chi connectivity index (χ3v) is 1.90. The van der Waals surface area contributed by atoms with Gasteiger partial charge in [-0.05, 0) is 20.8 Å². The number of aromatic nitrogens is 2. The predicted octanol–water partition coefficient (Wildman–Crippen LogP) is -0.250. The van der Waals surface area contributed by atoms with Crippen molar-refractivity contribution in [1.29, 1.82) is 0 Å². The van der Waals surface area contributed by atoms with E-state index in [2.05, 4.69) is 4.98 Å². The summed E-state index contributed by atoms with van der Waals surface area (Å²) in [4.78, 5) is 24.8. The van der Waals surface area contributed by atoms with Gasteiger partial charge in [-0.15, -0.1) is 0 Å². The zero-order valence-electron chi connectivity index (χ0n) is 8.63. The Balaban J connectivity index is 3.57. The molecule has 1 aromatic rings. The second kappa shape index (κ2) is 3.42. The quantitative estimate of drug-likeness (QED) is 0.651. The normalized spacial score (nSPS) is 11.7. The van der Waals surface area contributed by atoms with Crippen LogP contribution in [-0.4, -0.2) is 9.55 Å². The van der Waals surface area contributed by atoms with Gasteiger partial charge >= 0.3 is 5.69 Å². The van der Waals surface area contributed by atoms with Crippen molar-refractivity contribution >= 4 is 0 Å². The minimum absolute atomic E-state index is 0.177. The van der Waals surface area contributed by atoms with Gasteiger partial charge in [-0.2, -0.15) is 0 Å². The van der Waals surface area contributed by atoms with Crippen LogP contribution < -0.4 is 17.0 Å². The first-order valence-electron chi connectivity index (χ1n) is 4.42. The zero-order valence-corrected chi connectivity index (χ0v) is 8.63. The van der Waals surface area contributed by atoms with Crippen LogP contribution in [0.2, 0.25) is 0 Å². The third kappa shape index (κ3) is 1.93. The molecule has 0 amide bonds. The van der Waals surface area contributed by atoms with Crippen LogP contribution in [-0.2, 0) is 12.1 Å². The lowest BCUT2D eigenvalue weighted by atomic mass is 10.1. The summed E-state index contributed by atoms with van der Waals surface area (Å²) in [6, 6.07) is 1.35. The first-order chi connectivity index (χ1) is 6.36. The highest BCUT2D eigenvalue weighted by molar-refractivity contribution is 5.03. The fourth-order valence-corrected chi connectivity index (χ4v) is 1.43. The van der Waals surface area contributed by atoms with Crippen molar-refractivity contribution in [3.63, 3.8) is 0 Å². The number of hydrogen-bond acceptors (Lipinski definition) is 3. The average Bonchev–Trinajstić information content (AvgIpc) is 1.99. The van der Waals surface area contributed by atoms with Crippen molar-refractivity contribution < 1.29 is 0 Å². The number of nitrogens with zero attached hydrogens (tertiary/aromatic N) is 1. The number of nitrogens with two attached hydrogens (primary N) is 1. The molecule has 5 heteroatoms. The number of hydrogen-bond donors (Lipinski definition) is 2. The fraction of sp³-hybridized carbons (Fsp3) is 0.556. The summed E-state index contributed by atoms with van der Waals surface area (Å²) in [5, 5.41) is 0. The zero-order chi connectivity index (χ0) is 10.9. The molecule has 78 valence electrons. The topological polar surface area (TPSA) is 80.9 Å². The number of rotatable bonds is 1. The van der Waals surface area contributed by atoms with Gasteiger partial charge in [0.1, 0.15) is 0 Å². The van der Waals surface area contributed by atoms with Crippen molar-refractivity contribution in [2.75, 3.05) is 0 Å². The summed E-state index contributed by atoms with van der Waals surface area (Å²) >= 11 is 0. The molecule has 0 atom stereocenters. The smallest absolute Gasteiger partial charge is 0.325 e. The van der Waals surface area contributed by atoms with Crippen molar-refractivity contribution in [2.45, 2.75) is 32.9 Å². The lowest BCUT2D eigenvalue weighted by Gasteiger charge is -2.24. The van der Waals surface area contributed by atoms with Crippen molar-refractivity contribution in [2.24, 2.45) is 5.73 Å². The molecule has 14 heavy (non-hydrogen) atoms. The molecule has 1 aromatic heterocycles. The van der Waals surface area contributed by atoms with E-state index >= 15 is 0 Å². The fourth-order valence-electron chi connectivity index (χ4n) is 1.43. The van der Waals surface area contributed by atoms with Gasteiger partial charge in [0.15, 0.2) is 0 Å². The third-order valence-electron chi connectivity index (χ3n) is 1.90. The van der Waals surface area contributed by atoms with Crippen LogP contribution in [0, 0.1) is 0 Å². The van der Waals surface area contributed by atoms with E-state index in [0.717, 1.165) is 0 Å². The molecule has 0 aliphatic heterocycles.